The number of aromatic nitrogens is 2. The molecule has 0 radical (unpaired) electrons. The monoisotopic (exact) mass is 222 g/mol. The Morgan fingerprint density at radius 1 is 1.90 bits per heavy atom. The molecule has 1 heterocycles. The third-order valence-corrected chi connectivity index (χ3v) is 1.78. The van der Waals surface area contributed by atoms with Gasteiger partial charge in [0.1, 0.15) is 4.60 Å². The topological polar surface area (TPSA) is 34.9 Å². The van der Waals surface area contributed by atoms with E-state index in [-0.39, 0.29) is 0 Å². The van der Waals surface area contributed by atoms with Gasteiger partial charge in [0.2, 0.25) is 0 Å². The van der Waals surface area contributed by atoms with Crippen molar-refractivity contribution in [1.29, 1.82) is 0 Å². The number of rotatable bonds is 1. The number of aryl methyl sites for hydroxylation is 1. The Hall–Kier alpha value is -0.350. The second-order valence-corrected chi connectivity index (χ2v) is 2.88. The molecule has 0 amide bonds. The average Bonchev–Trinajstić information content (AvgIpc) is 2.10. The lowest BCUT2D eigenvalue weighted by molar-refractivity contribution is 0.108. The zero-order valence-corrected chi connectivity index (χ0v) is 7.48. The Balaban J connectivity index is 3.15. The van der Waals surface area contributed by atoms with Crippen LogP contribution in [0.4, 0.5) is 0 Å². The van der Waals surface area contributed by atoms with E-state index in [1.165, 1.54) is 4.68 Å². The molecule has 0 aliphatic rings. The second kappa shape index (κ2) is 2.72. The minimum absolute atomic E-state index is 0.393. The Morgan fingerprint density at radius 3 is 2.70 bits per heavy atom. The molecule has 5 heteroatoms. The summed E-state index contributed by atoms with van der Waals surface area (Å²) >= 11 is 8.28. The van der Waals surface area contributed by atoms with Crippen LogP contribution in [-0.4, -0.2) is 15.0 Å². The van der Waals surface area contributed by atoms with Crippen molar-refractivity contribution in [2.24, 2.45) is 7.05 Å². The number of carbonyl (C=O) groups is 1. The highest BCUT2D eigenvalue weighted by atomic mass is 79.9. The summed E-state index contributed by atoms with van der Waals surface area (Å²) < 4.78 is 2.00. The molecule has 0 fully saturated rings. The molecule has 0 aliphatic heterocycles. The van der Waals surface area contributed by atoms with Gasteiger partial charge in [-0.15, -0.1) is 0 Å². The average molecular weight is 223 g/mol. The van der Waals surface area contributed by atoms with Crippen molar-refractivity contribution in [2.45, 2.75) is 0 Å². The molecule has 54 valence electrons. The van der Waals surface area contributed by atoms with Gasteiger partial charge in [-0.1, -0.05) is 0 Å². The predicted octanol–water partition coefficient (Wildman–Crippen LogP) is 1.56. The molecule has 3 nitrogen and oxygen atoms in total. The number of hydrogen-bond donors (Lipinski definition) is 0. The van der Waals surface area contributed by atoms with E-state index in [9.17, 15) is 4.79 Å². The first-order chi connectivity index (χ1) is 4.61. The summed E-state index contributed by atoms with van der Waals surface area (Å²) in [5, 5.41) is 3.36. The largest absolute Gasteiger partial charge is 0.275 e. The number of carbonyl (C=O) groups excluding carboxylic acids is 1. The van der Waals surface area contributed by atoms with Crippen LogP contribution in [0.2, 0.25) is 0 Å². The summed E-state index contributed by atoms with van der Waals surface area (Å²) in [5.74, 6) is 0. The summed E-state index contributed by atoms with van der Waals surface area (Å²) in [5.41, 5.74) is 0.393. The molecule has 10 heavy (non-hydrogen) atoms. The number of hydrogen-bond acceptors (Lipinski definition) is 2. The molecule has 0 unspecified atom stereocenters. The van der Waals surface area contributed by atoms with E-state index in [2.05, 4.69) is 21.0 Å². The molecule has 0 spiro atoms. The highest BCUT2D eigenvalue weighted by Crippen LogP contribution is 2.15. The van der Waals surface area contributed by atoms with Crippen LogP contribution in [0.3, 0.4) is 0 Å². The van der Waals surface area contributed by atoms with Crippen molar-refractivity contribution in [2.75, 3.05) is 0 Å². The fourth-order valence-electron chi connectivity index (χ4n) is 0.593. The van der Waals surface area contributed by atoms with Gasteiger partial charge in [-0.3, -0.25) is 9.48 Å². The van der Waals surface area contributed by atoms with E-state index >= 15 is 0 Å². The van der Waals surface area contributed by atoms with E-state index in [0.717, 1.165) is 0 Å². The third-order valence-electron chi connectivity index (χ3n) is 0.995. The molecule has 0 atom stereocenters. The summed E-state index contributed by atoms with van der Waals surface area (Å²) in [7, 11) is 1.72. The van der Waals surface area contributed by atoms with Crippen LogP contribution >= 0.6 is 27.5 Å². The van der Waals surface area contributed by atoms with Gasteiger partial charge in [-0.25, -0.2) is 0 Å². The van der Waals surface area contributed by atoms with E-state index in [1.54, 1.807) is 13.2 Å². The Labute approximate surface area is 71.1 Å². The van der Waals surface area contributed by atoms with Crippen LogP contribution in [0.1, 0.15) is 10.4 Å². The Morgan fingerprint density at radius 2 is 2.50 bits per heavy atom. The lowest BCUT2D eigenvalue weighted by Crippen LogP contribution is -1.86. The van der Waals surface area contributed by atoms with Gasteiger partial charge < -0.3 is 0 Å². The van der Waals surface area contributed by atoms with Crippen molar-refractivity contribution in [3.8, 4) is 0 Å². The molecule has 1 aromatic heterocycles. The molecule has 1 rings (SSSR count). The fourth-order valence-corrected chi connectivity index (χ4v) is 1.38. The Bertz CT molecular complexity index is 271. The molecular formula is C5H4BrClN2O. The van der Waals surface area contributed by atoms with Gasteiger partial charge in [0.15, 0.2) is 0 Å². The number of nitrogens with zero attached hydrogens (tertiary/aromatic N) is 2. The van der Waals surface area contributed by atoms with Crippen LogP contribution in [0.25, 0.3) is 0 Å². The smallest absolute Gasteiger partial charge is 0.256 e. The zero-order valence-electron chi connectivity index (χ0n) is 5.14. The van der Waals surface area contributed by atoms with E-state index in [4.69, 9.17) is 11.6 Å². The van der Waals surface area contributed by atoms with Gasteiger partial charge in [-0.05, 0) is 27.5 Å². The minimum Gasteiger partial charge on any atom is -0.275 e. The molecule has 0 bridgehead atoms. The lowest BCUT2D eigenvalue weighted by Gasteiger charge is -1.81. The lowest BCUT2D eigenvalue weighted by atomic mass is 10.4. The van der Waals surface area contributed by atoms with Crippen molar-refractivity contribution in [3.05, 3.63) is 16.4 Å². The van der Waals surface area contributed by atoms with Gasteiger partial charge in [0.25, 0.3) is 5.24 Å². The summed E-state index contributed by atoms with van der Waals surface area (Å²) in [6.07, 6.45) is 1.55. The van der Waals surface area contributed by atoms with Crippen molar-refractivity contribution >= 4 is 32.8 Å². The molecule has 0 N–H and O–H groups in total. The van der Waals surface area contributed by atoms with Gasteiger partial charge in [0.05, 0.1) is 5.56 Å². The van der Waals surface area contributed by atoms with Gasteiger partial charge >= 0.3 is 0 Å². The molecule has 0 saturated carbocycles. The highest BCUT2D eigenvalue weighted by Gasteiger charge is 2.09. The maximum Gasteiger partial charge on any atom is 0.256 e. The predicted molar refractivity (Wildman–Crippen MR) is 41.1 cm³/mol. The van der Waals surface area contributed by atoms with E-state index < -0.39 is 5.24 Å². The van der Waals surface area contributed by atoms with Crippen LogP contribution in [-0.2, 0) is 7.05 Å². The molecule has 0 saturated heterocycles. The maximum atomic E-state index is 10.6. The first-order valence-corrected chi connectivity index (χ1v) is 3.67. The second-order valence-electron chi connectivity index (χ2n) is 1.78. The first kappa shape index (κ1) is 7.75. The van der Waals surface area contributed by atoms with Crippen molar-refractivity contribution < 1.29 is 4.79 Å². The Kier molecular flexibility index (Phi) is 2.11. The molecular weight excluding hydrogens is 219 g/mol. The van der Waals surface area contributed by atoms with Gasteiger partial charge in [0, 0.05) is 13.2 Å². The number of halogens is 2. The normalized spacial score (nSPS) is 9.90. The summed E-state index contributed by atoms with van der Waals surface area (Å²) in [6, 6.07) is 0. The molecule has 1 aromatic rings. The minimum atomic E-state index is -0.500. The third kappa shape index (κ3) is 1.38. The van der Waals surface area contributed by atoms with E-state index in [1.807, 2.05) is 0 Å². The van der Waals surface area contributed by atoms with Crippen LogP contribution in [0, 0.1) is 0 Å². The zero-order chi connectivity index (χ0) is 7.72. The van der Waals surface area contributed by atoms with E-state index in [0.29, 0.717) is 10.2 Å². The molecule has 0 aliphatic carbocycles. The van der Waals surface area contributed by atoms with Crippen LogP contribution < -0.4 is 0 Å². The standard InChI is InChI=1S/C5H4BrClN2O/c1-9-2-3(5(7)10)4(6)8-9/h2H,1H3. The molecule has 0 aromatic carbocycles. The summed E-state index contributed by atoms with van der Waals surface area (Å²) in [6.45, 7) is 0. The van der Waals surface area contributed by atoms with Gasteiger partial charge in [-0.2, -0.15) is 5.10 Å². The van der Waals surface area contributed by atoms with Crippen molar-refractivity contribution in [1.82, 2.24) is 9.78 Å². The fraction of sp³-hybridized carbons (Fsp3) is 0.200. The van der Waals surface area contributed by atoms with Crippen molar-refractivity contribution in [3.63, 3.8) is 0 Å². The highest BCUT2D eigenvalue weighted by molar-refractivity contribution is 9.10. The SMILES string of the molecule is Cn1cc(C(=O)Cl)c(Br)n1. The maximum absolute atomic E-state index is 10.6. The summed E-state index contributed by atoms with van der Waals surface area (Å²) in [4.78, 5) is 10.6. The quantitative estimate of drug-likeness (QED) is 0.677. The first-order valence-electron chi connectivity index (χ1n) is 2.50. The van der Waals surface area contributed by atoms with Crippen LogP contribution in [0.5, 0.6) is 0 Å². The van der Waals surface area contributed by atoms with Crippen LogP contribution in [0.15, 0.2) is 10.8 Å².